The number of nitrogens with one attached hydrogen (secondary N) is 2. The minimum Gasteiger partial charge on any atom is -0.497 e. The van der Waals surface area contributed by atoms with Crippen molar-refractivity contribution in [2.45, 2.75) is 13.3 Å². The highest BCUT2D eigenvalue weighted by Gasteiger charge is 2.27. The van der Waals surface area contributed by atoms with E-state index in [4.69, 9.17) is 4.74 Å². The largest absolute Gasteiger partial charge is 0.497 e. The monoisotopic (exact) mass is 305 g/mol. The second-order valence-electron chi connectivity index (χ2n) is 5.32. The fourth-order valence-electron chi connectivity index (χ4n) is 2.54. The van der Waals surface area contributed by atoms with E-state index in [9.17, 15) is 9.59 Å². The van der Waals surface area contributed by atoms with Crippen LogP contribution in [0, 0.1) is 5.92 Å². The third-order valence-corrected chi connectivity index (χ3v) is 3.79. The normalized spacial score (nSPS) is 17.1. The summed E-state index contributed by atoms with van der Waals surface area (Å²) in [5.41, 5.74) is 0.662. The number of hydrogen-bond acceptors (Lipinski definition) is 4. The molecule has 0 spiro atoms. The van der Waals surface area contributed by atoms with Gasteiger partial charge in [-0.2, -0.15) is 0 Å². The van der Waals surface area contributed by atoms with E-state index in [1.807, 2.05) is 13.0 Å². The average molecular weight is 305 g/mol. The number of likely N-dealkylation sites (N-methyl/N-ethyl adjacent to an activating group) is 1. The number of ether oxygens (including phenoxy) is 1. The highest BCUT2D eigenvalue weighted by molar-refractivity contribution is 5.95. The molecular weight excluding hydrogens is 282 g/mol. The van der Waals surface area contributed by atoms with E-state index in [-0.39, 0.29) is 24.3 Å². The van der Waals surface area contributed by atoms with Crippen LogP contribution in [0.25, 0.3) is 0 Å². The molecule has 1 fully saturated rings. The van der Waals surface area contributed by atoms with Gasteiger partial charge in [0.15, 0.2) is 0 Å². The molecule has 0 aliphatic carbocycles. The van der Waals surface area contributed by atoms with Gasteiger partial charge in [0.05, 0.1) is 19.6 Å². The Balaban J connectivity index is 1.92. The van der Waals surface area contributed by atoms with E-state index in [1.54, 1.807) is 30.2 Å². The maximum absolute atomic E-state index is 12.4. The van der Waals surface area contributed by atoms with Crippen LogP contribution in [0.1, 0.15) is 13.3 Å². The SMILES string of the molecule is CCN(CC(=O)Nc1cccc(OC)c1)C(=O)C1CCNC1. The summed E-state index contributed by atoms with van der Waals surface area (Å²) >= 11 is 0. The van der Waals surface area contributed by atoms with Crippen molar-refractivity contribution < 1.29 is 14.3 Å². The first kappa shape index (κ1) is 16.3. The van der Waals surface area contributed by atoms with Crippen LogP contribution in [-0.4, -0.2) is 50.0 Å². The smallest absolute Gasteiger partial charge is 0.243 e. The van der Waals surface area contributed by atoms with Gasteiger partial charge in [-0.05, 0) is 32.0 Å². The van der Waals surface area contributed by atoms with Crippen molar-refractivity contribution in [2.24, 2.45) is 5.92 Å². The van der Waals surface area contributed by atoms with E-state index >= 15 is 0 Å². The second-order valence-corrected chi connectivity index (χ2v) is 5.32. The molecule has 2 amide bonds. The predicted octanol–water partition coefficient (Wildman–Crippen LogP) is 1.09. The van der Waals surface area contributed by atoms with Gasteiger partial charge in [-0.15, -0.1) is 0 Å². The second kappa shape index (κ2) is 7.79. The fourth-order valence-corrected chi connectivity index (χ4v) is 2.54. The molecule has 1 aromatic carbocycles. The molecule has 1 aliphatic heterocycles. The van der Waals surface area contributed by atoms with Crippen molar-refractivity contribution in [3.05, 3.63) is 24.3 Å². The zero-order valence-corrected chi connectivity index (χ0v) is 13.1. The maximum atomic E-state index is 12.4. The lowest BCUT2D eigenvalue weighted by atomic mass is 10.1. The Labute approximate surface area is 130 Å². The molecule has 22 heavy (non-hydrogen) atoms. The van der Waals surface area contributed by atoms with Gasteiger partial charge < -0.3 is 20.3 Å². The average Bonchev–Trinajstić information content (AvgIpc) is 3.06. The fraction of sp³-hybridized carbons (Fsp3) is 0.500. The molecule has 0 radical (unpaired) electrons. The van der Waals surface area contributed by atoms with Gasteiger partial charge in [-0.25, -0.2) is 0 Å². The number of rotatable bonds is 6. The summed E-state index contributed by atoms with van der Waals surface area (Å²) in [5, 5.41) is 5.97. The third-order valence-electron chi connectivity index (χ3n) is 3.79. The number of amides is 2. The van der Waals surface area contributed by atoms with Crippen LogP contribution >= 0.6 is 0 Å². The molecule has 120 valence electrons. The maximum Gasteiger partial charge on any atom is 0.243 e. The zero-order chi connectivity index (χ0) is 15.9. The molecular formula is C16H23N3O3. The zero-order valence-electron chi connectivity index (χ0n) is 13.1. The molecule has 1 atom stereocenters. The number of carbonyl (C=O) groups excluding carboxylic acids is 2. The lowest BCUT2D eigenvalue weighted by Gasteiger charge is -2.23. The van der Waals surface area contributed by atoms with E-state index in [1.165, 1.54) is 0 Å². The van der Waals surface area contributed by atoms with Crippen molar-refractivity contribution in [3.63, 3.8) is 0 Å². The quantitative estimate of drug-likeness (QED) is 0.825. The van der Waals surface area contributed by atoms with Gasteiger partial charge >= 0.3 is 0 Å². The molecule has 1 saturated heterocycles. The first-order chi connectivity index (χ1) is 10.6. The molecule has 1 aromatic rings. The Morgan fingerprint density at radius 1 is 1.45 bits per heavy atom. The van der Waals surface area contributed by atoms with Crippen LogP contribution in [0.15, 0.2) is 24.3 Å². The van der Waals surface area contributed by atoms with Crippen LogP contribution in [0.2, 0.25) is 0 Å². The van der Waals surface area contributed by atoms with Crippen LogP contribution in [0.5, 0.6) is 5.75 Å². The molecule has 6 heteroatoms. The van der Waals surface area contributed by atoms with Gasteiger partial charge in [-0.1, -0.05) is 6.07 Å². The molecule has 2 rings (SSSR count). The minimum absolute atomic E-state index is 0.00966. The van der Waals surface area contributed by atoms with Crippen molar-refractivity contribution >= 4 is 17.5 Å². The topological polar surface area (TPSA) is 70.7 Å². The van der Waals surface area contributed by atoms with Crippen LogP contribution < -0.4 is 15.4 Å². The van der Waals surface area contributed by atoms with Crippen molar-refractivity contribution in [2.75, 3.05) is 38.6 Å². The van der Waals surface area contributed by atoms with E-state index in [0.717, 1.165) is 13.0 Å². The molecule has 6 nitrogen and oxygen atoms in total. The van der Waals surface area contributed by atoms with Gasteiger partial charge in [0.2, 0.25) is 11.8 Å². The summed E-state index contributed by atoms with van der Waals surface area (Å²) in [6, 6.07) is 7.16. The summed E-state index contributed by atoms with van der Waals surface area (Å²) in [6.07, 6.45) is 0.840. The number of anilines is 1. The summed E-state index contributed by atoms with van der Waals surface area (Å²) in [7, 11) is 1.58. The number of benzene rings is 1. The van der Waals surface area contributed by atoms with E-state index < -0.39 is 0 Å². The third kappa shape index (κ3) is 4.21. The van der Waals surface area contributed by atoms with Crippen LogP contribution in [-0.2, 0) is 9.59 Å². The number of hydrogen-bond donors (Lipinski definition) is 2. The Kier molecular flexibility index (Phi) is 5.77. The molecule has 1 heterocycles. The van der Waals surface area contributed by atoms with Crippen molar-refractivity contribution in [1.82, 2.24) is 10.2 Å². The summed E-state index contributed by atoms with van der Waals surface area (Å²) in [5.74, 6) is 0.519. The molecule has 0 aromatic heterocycles. The highest BCUT2D eigenvalue weighted by Crippen LogP contribution is 2.17. The van der Waals surface area contributed by atoms with E-state index in [2.05, 4.69) is 10.6 Å². The first-order valence-corrected chi connectivity index (χ1v) is 7.57. The number of methoxy groups -OCH3 is 1. The Morgan fingerprint density at radius 3 is 2.91 bits per heavy atom. The van der Waals surface area contributed by atoms with Gasteiger partial charge in [0.25, 0.3) is 0 Å². The Bertz CT molecular complexity index is 527. The molecule has 0 saturated carbocycles. The molecule has 1 aliphatic rings. The lowest BCUT2D eigenvalue weighted by molar-refractivity contribution is -0.137. The minimum atomic E-state index is -0.200. The standard InChI is InChI=1S/C16H23N3O3/c1-3-19(16(21)12-7-8-17-10-12)11-15(20)18-13-5-4-6-14(9-13)22-2/h4-6,9,12,17H,3,7-8,10-11H2,1-2H3,(H,18,20). The summed E-state index contributed by atoms with van der Waals surface area (Å²) in [6.45, 7) is 4.06. The summed E-state index contributed by atoms with van der Waals surface area (Å²) < 4.78 is 5.12. The Morgan fingerprint density at radius 2 is 2.27 bits per heavy atom. The van der Waals surface area contributed by atoms with Crippen LogP contribution in [0.3, 0.4) is 0 Å². The predicted molar refractivity (Wildman–Crippen MR) is 84.9 cm³/mol. The van der Waals surface area contributed by atoms with Crippen molar-refractivity contribution in [3.8, 4) is 5.75 Å². The lowest BCUT2D eigenvalue weighted by Crippen LogP contribution is -2.41. The van der Waals surface area contributed by atoms with Gasteiger partial charge in [0.1, 0.15) is 5.75 Å². The first-order valence-electron chi connectivity index (χ1n) is 7.57. The number of nitrogens with zero attached hydrogens (tertiary/aromatic N) is 1. The van der Waals surface area contributed by atoms with Gasteiger partial charge in [-0.3, -0.25) is 9.59 Å². The van der Waals surface area contributed by atoms with Crippen LogP contribution in [0.4, 0.5) is 5.69 Å². The molecule has 2 N–H and O–H groups in total. The van der Waals surface area contributed by atoms with E-state index in [0.29, 0.717) is 24.5 Å². The summed E-state index contributed by atoms with van der Waals surface area (Å²) in [4.78, 5) is 26.1. The molecule has 1 unspecified atom stereocenters. The van der Waals surface area contributed by atoms with Crippen molar-refractivity contribution in [1.29, 1.82) is 0 Å². The Hall–Kier alpha value is -2.08. The molecule has 0 bridgehead atoms. The number of carbonyl (C=O) groups is 2. The van der Waals surface area contributed by atoms with Gasteiger partial charge in [0, 0.05) is 24.8 Å². The highest BCUT2D eigenvalue weighted by atomic mass is 16.5.